The van der Waals surface area contributed by atoms with Crippen molar-refractivity contribution in [2.24, 2.45) is 0 Å². The van der Waals surface area contributed by atoms with Gasteiger partial charge in [0, 0.05) is 10.7 Å². The molecule has 1 aromatic rings. The van der Waals surface area contributed by atoms with Crippen LogP contribution in [0.5, 0.6) is 0 Å². The molecule has 0 amide bonds. The molecule has 70 valence electrons. The maximum atomic E-state index is 8.88. The quantitative estimate of drug-likeness (QED) is 0.726. The summed E-state index contributed by atoms with van der Waals surface area (Å²) in [5.74, 6) is 0. The second kappa shape index (κ2) is 4.90. The third-order valence-electron chi connectivity index (χ3n) is 1.68. The lowest BCUT2D eigenvalue weighted by molar-refractivity contribution is 0.291. The first-order chi connectivity index (χ1) is 6.26. The highest BCUT2D eigenvalue weighted by atomic mass is 35.5. The van der Waals surface area contributed by atoms with Crippen LogP contribution in [0.15, 0.2) is 36.9 Å². The number of rotatable bonds is 4. The highest BCUT2D eigenvalue weighted by molar-refractivity contribution is 6.30. The molecule has 0 heterocycles. The van der Waals surface area contributed by atoms with Gasteiger partial charge in [0.15, 0.2) is 0 Å². The Labute approximate surface area is 82.8 Å². The Hall–Kier alpha value is -0.990. The fourth-order valence-electron chi connectivity index (χ4n) is 0.939. The third kappa shape index (κ3) is 3.09. The molecule has 1 rings (SSSR count). The monoisotopic (exact) mass is 197 g/mol. The second-order valence-corrected chi connectivity index (χ2v) is 3.11. The van der Waals surface area contributed by atoms with Crippen LogP contribution in [0.2, 0.25) is 5.02 Å². The summed E-state index contributed by atoms with van der Waals surface area (Å²) in [5.41, 5.74) is 0.920. The average molecular weight is 198 g/mol. The van der Waals surface area contributed by atoms with Crippen LogP contribution in [0.3, 0.4) is 0 Å². The van der Waals surface area contributed by atoms with Gasteiger partial charge in [0.05, 0.1) is 12.6 Å². The maximum Gasteiger partial charge on any atom is 0.0673 e. The second-order valence-electron chi connectivity index (χ2n) is 2.68. The molecule has 3 heteroatoms. The van der Waals surface area contributed by atoms with Crippen LogP contribution in [0.25, 0.3) is 0 Å². The molecule has 0 aromatic heterocycles. The molecule has 2 nitrogen and oxygen atoms in total. The fraction of sp³-hybridized carbons (Fsp3) is 0.200. The highest BCUT2D eigenvalue weighted by Crippen LogP contribution is 2.14. The van der Waals surface area contributed by atoms with E-state index in [1.54, 1.807) is 18.2 Å². The van der Waals surface area contributed by atoms with Gasteiger partial charge >= 0.3 is 0 Å². The molecule has 0 spiro atoms. The SMILES string of the molecule is C=CC(CO)Nc1ccc(Cl)cc1. The fourth-order valence-corrected chi connectivity index (χ4v) is 1.07. The predicted molar refractivity (Wildman–Crippen MR) is 56.1 cm³/mol. The van der Waals surface area contributed by atoms with Crippen molar-refractivity contribution in [3.8, 4) is 0 Å². The van der Waals surface area contributed by atoms with Gasteiger partial charge in [-0.1, -0.05) is 17.7 Å². The number of benzene rings is 1. The molecular weight excluding hydrogens is 186 g/mol. The Balaban J connectivity index is 2.63. The number of nitrogens with one attached hydrogen (secondary N) is 1. The molecule has 0 saturated carbocycles. The Bertz CT molecular complexity index is 271. The lowest BCUT2D eigenvalue weighted by Crippen LogP contribution is -2.20. The highest BCUT2D eigenvalue weighted by Gasteiger charge is 2.00. The van der Waals surface area contributed by atoms with E-state index in [2.05, 4.69) is 11.9 Å². The number of hydrogen-bond acceptors (Lipinski definition) is 2. The minimum atomic E-state index is -0.110. The first kappa shape index (κ1) is 10.1. The van der Waals surface area contributed by atoms with Gasteiger partial charge in [-0.15, -0.1) is 6.58 Å². The molecule has 0 saturated heterocycles. The van der Waals surface area contributed by atoms with Crippen molar-refractivity contribution in [3.63, 3.8) is 0 Å². The van der Waals surface area contributed by atoms with Crippen LogP contribution >= 0.6 is 11.6 Å². The van der Waals surface area contributed by atoms with Crippen LogP contribution < -0.4 is 5.32 Å². The number of aliphatic hydroxyl groups is 1. The molecule has 1 unspecified atom stereocenters. The van der Waals surface area contributed by atoms with Crippen LogP contribution in [0, 0.1) is 0 Å². The smallest absolute Gasteiger partial charge is 0.0673 e. The zero-order chi connectivity index (χ0) is 9.68. The van der Waals surface area contributed by atoms with Crippen molar-refractivity contribution in [2.45, 2.75) is 6.04 Å². The number of aliphatic hydroxyl groups excluding tert-OH is 1. The standard InChI is InChI=1S/C10H12ClNO/c1-2-9(7-13)12-10-5-3-8(11)4-6-10/h2-6,9,12-13H,1,7H2. The van der Waals surface area contributed by atoms with E-state index in [4.69, 9.17) is 16.7 Å². The van der Waals surface area contributed by atoms with E-state index in [1.165, 1.54) is 0 Å². The summed E-state index contributed by atoms with van der Waals surface area (Å²) in [6.07, 6.45) is 1.66. The lowest BCUT2D eigenvalue weighted by Gasteiger charge is -2.12. The predicted octanol–water partition coefficient (Wildman–Crippen LogP) is 2.30. The summed E-state index contributed by atoms with van der Waals surface area (Å²) in [6.45, 7) is 3.63. The summed E-state index contributed by atoms with van der Waals surface area (Å²) in [7, 11) is 0. The summed E-state index contributed by atoms with van der Waals surface area (Å²) in [6, 6.07) is 7.19. The Kier molecular flexibility index (Phi) is 3.80. The van der Waals surface area contributed by atoms with Crippen LogP contribution in [-0.2, 0) is 0 Å². The summed E-state index contributed by atoms with van der Waals surface area (Å²) < 4.78 is 0. The van der Waals surface area contributed by atoms with Crippen LogP contribution in [0.4, 0.5) is 5.69 Å². The molecule has 1 aromatic carbocycles. The molecule has 1 atom stereocenters. The normalized spacial score (nSPS) is 12.2. The van der Waals surface area contributed by atoms with E-state index in [9.17, 15) is 0 Å². The zero-order valence-electron chi connectivity index (χ0n) is 7.20. The summed E-state index contributed by atoms with van der Waals surface area (Å²) >= 11 is 5.72. The van der Waals surface area contributed by atoms with Crippen LogP contribution in [0.1, 0.15) is 0 Å². The molecule has 2 N–H and O–H groups in total. The molecule has 0 fully saturated rings. The third-order valence-corrected chi connectivity index (χ3v) is 1.93. The van der Waals surface area contributed by atoms with Crippen molar-refractivity contribution in [1.29, 1.82) is 0 Å². The van der Waals surface area contributed by atoms with Crippen molar-refractivity contribution >= 4 is 17.3 Å². The largest absolute Gasteiger partial charge is 0.394 e. The topological polar surface area (TPSA) is 32.3 Å². The van der Waals surface area contributed by atoms with E-state index in [-0.39, 0.29) is 12.6 Å². The minimum absolute atomic E-state index is 0.0339. The van der Waals surface area contributed by atoms with Gasteiger partial charge in [-0.2, -0.15) is 0 Å². The average Bonchev–Trinajstić information content (AvgIpc) is 2.17. The van der Waals surface area contributed by atoms with Gasteiger partial charge in [0.25, 0.3) is 0 Å². The zero-order valence-corrected chi connectivity index (χ0v) is 7.96. The van der Waals surface area contributed by atoms with Crippen molar-refractivity contribution in [1.82, 2.24) is 0 Å². The van der Waals surface area contributed by atoms with E-state index < -0.39 is 0 Å². The summed E-state index contributed by atoms with van der Waals surface area (Å²) in [4.78, 5) is 0. The van der Waals surface area contributed by atoms with E-state index >= 15 is 0 Å². The molecular formula is C10H12ClNO. The van der Waals surface area contributed by atoms with Gasteiger partial charge in [0.2, 0.25) is 0 Å². The Morgan fingerprint density at radius 1 is 1.46 bits per heavy atom. The Morgan fingerprint density at radius 3 is 2.54 bits per heavy atom. The molecule has 0 bridgehead atoms. The van der Waals surface area contributed by atoms with Gasteiger partial charge in [-0.3, -0.25) is 0 Å². The van der Waals surface area contributed by atoms with Crippen LogP contribution in [-0.4, -0.2) is 17.8 Å². The first-order valence-electron chi connectivity index (χ1n) is 4.02. The van der Waals surface area contributed by atoms with Crippen molar-refractivity contribution in [3.05, 3.63) is 41.9 Å². The maximum absolute atomic E-state index is 8.88. The van der Waals surface area contributed by atoms with Crippen molar-refractivity contribution < 1.29 is 5.11 Å². The van der Waals surface area contributed by atoms with E-state index in [0.717, 1.165) is 5.69 Å². The molecule has 0 aliphatic rings. The molecule has 0 aliphatic heterocycles. The molecule has 0 aliphatic carbocycles. The van der Waals surface area contributed by atoms with E-state index in [0.29, 0.717) is 5.02 Å². The molecule has 0 radical (unpaired) electrons. The summed E-state index contributed by atoms with van der Waals surface area (Å²) in [5, 5.41) is 12.7. The van der Waals surface area contributed by atoms with E-state index in [1.807, 2.05) is 12.1 Å². The van der Waals surface area contributed by atoms with Gasteiger partial charge in [-0.05, 0) is 24.3 Å². The number of hydrogen-bond donors (Lipinski definition) is 2. The molecule has 13 heavy (non-hydrogen) atoms. The lowest BCUT2D eigenvalue weighted by atomic mass is 10.2. The first-order valence-corrected chi connectivity index (χ1v) is 4.39. The van der Waals surface area contributed by atoms with Gasteiger partial charge in [-0.25, -0.2) is 0 Å². The minimum Gasteiger partial charge on any atom is -0.394 e. The van der Waals surface area contributed by atoms with Crippen molar-refractivity contribution in [2.75, 3.05) is 11.9 Å². The van der Waals surface area contributed by atoms with Gasteiger partial charge in [0.1, 0.15) is 0 Å². The number of anilines is 1. The Morgan fingerprint density at radius 2 is 2.08 bits per heavy atom. The van der Waals surface area contributed by atoms with Gasteiger partial charge < -0.3 is 10.4 Å². The number of halogens is 1.